The number of aromatic nitrogens is 2. The van der Waals surface area contributed by atoms with E-state index in [1.54, 1.807) is 0 Å². The van der Waals surface area contributed by atoms with Gasteiger partial charge in [0.1, 0.15) is 0 Å². The third kappa shape index (κ3) is 3.47. The van der Waals surface area contributed by atoms with Gasteiger partial charge >= 0.3 is 0 Å². The van der Waals surface area contributed by atoms with Gasteiger partial charge in [0, 0.05) is 39.3 Å². The molecule has 0 saturated heterocycles. The number of aryl methyl sites for hydroxylation is 2. The van der Waals surface area contributed by atoms with Crippen molar-refractivity contribution in [3.63, 3.8) is 0 Å². The Morgan fingerprint density at radius 1 is 1.38 bits per heavy atom. The average molecular weight is 351 g/mol. The molecule has 4 nitrogen and oxygen atoms in total. The summed E-state index contributed by atoms with van der Waals surface area (Å²) in [5.41, 5.74) is 11.0. The highest BCUT2D eigenvalue weighted by Gasteiger charge is 2.17. The van der Waals surface area contributed by atoms with Gasteiger partial charge in [-0.3, -0.25) is 4.68 Å². The molecule has 2 aromatic rings. The molecule has 1 aromatic heterocycles. The SMILES string of the molecule is CCc1nn(C)c(CC(N)c2cccc(N(C)C)c2)c1Br. The molecule has 1 atom stereocenters. The van der Waals surface area contributed by atoms with Crippen LogP contribution in [0.2, 0.25) is 0 Å². The van der Waals surface area contributed by atoms with Gasteiger partial charge in [-0.2, -0.15) is 5.10 Å². The summed E-state index contributed by atoms with van der Waals surface area (Å²) in [5.74, 6) is 0. The summed E-state index contributed by atoms with van der Waals surface area (Å²) in [6.45, 7) is 2.11. The fourth-order valence-electron chi connectivity index (χ4n) is 2.40. The molecule has 0 aliphatic heterocycles. The number of hydrogen-bond donors (Lipinski definition) is 1. The molecule has 5 heteroatoms. The predicted octanol–water partition coefficient (Wildman–Crippen LogP) is 3.05. The molecule has 0 amide bonds. The Hall–Kier alpha value is -1.33. The van der Waals surface area contributed by atoms with Crippen molar-refractivity contribution < 1.29 is 0 Å². The average Bonchev–Trinajstić information content (AvgIpc) is 2.74. The first-order valence-corrected chi connectivity index (χ1v) is 7.96. The van der Waals surface area contributed by atoms with E-state index >= 15 is 0 Å². The summed E-state index contributed by atoms with van der Waals surface area (Å²) in [7, 11) is 6.05. The van der Waals surface area contributed by atoms with E-state index in [4.69, 9.17) is 5.73 Å². The maximum Gasteiger partial charge on any atom is 0.0766 e. The zero-order valence-electron chi connectivity index (χ0n) is 13.1. The van der Waals surface area contributed by atoms with E-state index in [1.807, 2.05) is 25.8 Å². The van der Waals surface area contributed by atoms with Crippen LogP contribution in [0.3, 0.4) is 0 Å². The van der Waals surface area contributed by atoms with Gasteiger partial charge < -0.3 is 10.6 Å². The lowest BCUT2D eigenvalue weighted by Crippen LogP contribution is -2.17. The topological polar surface area (TPSA) is 47.1 Å². The molecule has 2 rings (SSSR count). The third-order valence-electron chi connectivity index (χ3n) is 3.73. The second-order valence-corrected chi connectivity index (χ2v) is 6.28. The highest BCUT2D eigenvalue weighted by Crippen LogP contribution is 2.27. The molecule has 0 bridgehead atoms. The van der Waals surface area contributed by atoms with Crippen LogP contribution in [0.15, 0.2) is 28.7 Å². The first-order valence-electron chi connectivity index (χ1n) is 7.17. The van der Waals surface area contributed by atoms with E-state index in [-0.39, 0.29) is 6.04 Å². The summed E-state index contributed by atoms with van der Waals surface area (Å²) in [6, 6.07) is 8.34. The highest BCUT2D eigenvalue weighted by atomic mass is 79.9. The van der Waals surface area contributed by atoms with Crippen LogP contribution in [0.25, 0.3) is 0 Å². The highest BCUT2D eigenvalue weighted by molar-refractivity contribution is 9.10. The second kappa shape index (κ2) is 6.62. The van der Waals surface area contributed by atoms with Gasteiger partial charge in [-0.1, -0.05) is 19.1 Å². The van der Waals surface area contributed by atoms with Gasteiger partial charge in [-0.05, 0) is 40.0 Å². The molecule has 1 unspecified atom stereocenters. The van der Waals surface area contributed by atoms with Crippen LogP contribution < -0.4 is 10.6 Å². The van der Waals surface area contributed by atoms with Crippen molar-refractivity contribution in [3.8, 4) is 0 Å². The summed E-state index contributed by atoms with van der Waals surface area (Å²) in [4.78, 5) is 2.09. The van der Waals surface area contributed by atoms with E-state index < -0.39 is 0 Å². The van der Waals surface area contributed by atoms with E-state index in [0.717, 1.165) is 34.3 Å². The molecular weight excluding hydrogens is 328 g/mol. The zero-order valence-corrected chi connectivity index (χ0v) is 14.7. The van der Waals surface area contributed by atoms with Crippen LogP contribution >= 0.6 is 15.9 Å². The Morgan fingerprint density at radius 3 is 2.67 bits per heavy atom. The molecule has 1 aromatic carbocycles. The number of nitrogens with zero attached hydrogens (tertiary/aromatic N) is 3. The maximum atomic E-state index is 6.40. The largest absolute Gasteiger partial charge is 0.378 e. The molecule has 0 spiro atoms. The minimum atomic E-state index is -0.0405. The van der Waals surface area contributed by atoms with Crippen LogP contribution in [0.1, 0.15) is 29.9 Å². The smallest absolute Gasteiger partial charge is 0.0766 e. The number of anilines is 1. The van der Waals surface area contributed by atoms with Gasteiger partial charge in [0.2, 0.25) is 0 Å². The summed E-state index contributed by atoms with van der Waals surface area (Å²) in [6.07, 6.45) is 1.68. The lowest BCUT2D eigenvalue weighted by Gasteiger charge is -2.17. The van der Waals surface area contributed by atoms with Crippen LogP contribution in [-0.2, 0) is 19.9 Å². The minimum absolute atomic E-state index is 0.0405. The van der Waals surface area contributed by atoms with Crippen molar-refractivity contribution in [2.75, 3.05) is 19.0 Å². The fourth-order valence-corrected chi connectivity index (χ4v) is 3.18. The first kappa shape index (κ1) is 16.0. The molecule has 2 N–H and O–H groups in total. The molecule has 0 fully saturated rings. The van der Waals surface area contributed by atoms with Gasteiger partial charge in [0.15, 0.2) is 0 Å². The fraction of sp³-hybridized carbons (Fsp3) is 0.438. The number of nitrogens with two attached hydrogens (primary N) is 1. The second-order valence-electron chi connectivity index (χ2n) is 5.48. The van der Waals surface area contributed by atoms with Gasteiger partial charge in [-0.25, -0.2) is 0 Å². The predicted molar refractivity (Wildman–Crippen MR) is 91.7 cm³/mol. The van der Waals surface area contributed by atoms with E-state index in [2.05, 4.69) is 57.1 Å². The Bertz CT molecular complexity index is 619. The van der Waals surface area contributed by atoms with Crippen molar-refractivity contribution in [2.24, 2.45) is 12.8 Å². The molecule has 0 aliphatic rings. The molecule has 1 heterocycles. The van der Waals surface area contributed by atoms with E-state index in [9.17, 15) is 0 Å². The molecule has 0 saturated carbocycles. The maximum absolute atomic E-state index is 6.40. The number of hydrogen-bond acceptors (Lipinski definition) is 3. The van der Waals surface area contributed by atoms with Gasteiger partial charge in [0.05, 0.1) is 15.9 Å². The lowest BCUT2D eigenvalue weighted by molar-refractivity contribution is 0.637. The quantitative estimate of drug-likeness (QED) is 0.901. The Morgan fingerprint density at radius 2 is 2.10 bits per heavy atom. The molecular formula is C16H23BrN4. The van der Waals surface area contributed by atoms with Crippen LogP contribution in [0.4, 0.5) is 5.69 Å². The summed E-state index contributed by atoms with van der Waals surface area (Å²) in [5, 5.41) is 4.53. The number of benzene rings is 1. The molecule has 0 radical (unpaired) electrons. The molecule has 0 aliphatic carbocycles. The van der Waals surface area contributed by atoms with Crippen molar-refractivity contribution in [1.82, 2.24) is 9.78 Å². The first-order chi connectivity index (χ1) is 9.93. The third-order valence-corrected chi connectivity index (χ3v) is 4.65. The Labute approximate surface area is 135 Å². The summed E-state index contributed by atoms with van der Waals surface area (Å²) < 4.78 is 3.02. The van der Waals surface area contributed by atoms with Crippen LogP contribution in [0, 0.1) is 0 Å². The minimum Gasteiger partial charge on any atom is -0.378 e. The van der Waals surface area contributed by atoms with Crippen molar-refractivity contribution in [3.05, 3.63) is 45.7 Å². The van der Waals surface area contributed by atoms with Crippen molar-refractivity contribution >= 4 is 21.6 Å². The van der Waals surface area contributed by atoms with E-state index in [1.165, 1.54) is 5.69 Å². The Kier molecular flexibility index (Phi) is 5.06. The van der Waals surface area contributed by atoms with Crippen molar-refractivity contribution in [1.29, 1.82) is 0 Å². The number of rotatable bonds is 5. The standard InChI is InChI=1S/C16H23BrN4/c1-5-14-16(17)15(21(4)19-14)10-13(18)11-7-6-8-12(9-11)20(2)3/h6-9,13H,5,10,18H2,1-4H3. The van der Waals surface area contributed by atoms with Gasteiger partial charge in [-0.15, -0.1) is 0 Å². The summed E-state index contributed by atoms with van der Waals surface area (Å²) >= 11 is 3.65. The van der Waals surface area contributed by atoms with Crippen LogP contribution in [-0.4, -0.2) is 23.9 Å². The van der Waals surface area contributed by atoms with E-state index in [0.29, 0.717) is 0 Å². The van der Waals surface area contributed by atoms with Crippen LogP contribution in [0.5, 0.6) is 0 Å². The lowest BCUT2D eigenvalue weighted by atomic mass is 10.0. The molecule has 114 valence electrons. The Balaban J connectivity index is 2.24. The normalized spacial score (nSPS) is 12.5. The van der Waals surface area contributed by atoms with Gasteiger partial charge in [0.25, 0.3) is 0 Å². The molecule has 21 heavy (non-hydrogen) atoms. The monoisotopic (exact) mass is 350 g/mol. The zero-order chi connectivity index (χ0) is 15.6. The van der Waals surface area contributed by atoms with Crippen molar-refractivity contribution in [2.45, 2.75) is 25.8 Å². The number of halogens is 1.